The van der Waals surface area contributed by atoms with E-state index in [1.165, 1.54) is 0 Å². The van der Waals surface area contributed by atoms with Crippen molar-refractivity contribution in [3.8, 4) is 0 Å². The Morgan fingerprint density at radius 1 is 1.30 bits per heavy atom. The Kier molecular flexibility index (Phi) is 7.43. The van der Waals surface area contributed by atoms with Gasteiger partial charge in [-0.3, -0.25) is 9.69 Å². The van der Waals surface area contributed by atoms with E-state index in [0.29, 0.717) is 12.6 Å². The summed E-state index contributed by atoms with van der Waals surface area (Å²) in [5.74, 6) is 0.170. The number of likely N-dealkylation sites (tertiary alicyclic amines) is 1. The standard InChI is InChI=1S/C14H29N3O3/c1-11(14(19-4)20-5)15-12-6-8-17(9-7-12)10-13(18)16(2)3/h11-12,14-15H,6-10H2,1-5H3. The van der Waals surface area contributed by atoms with Gasteiger partial charge in [0.15, 0.2) is 6.29 Å². The van der Waals surface area contributed by atoms with Crippen LogP contribution in [0.2, 0.25) is 0 Å². The first-order chi connectivity index (χ1) is 9.47. The number of hydrogen-bond donors (Lipinski definition) is 1. The topological polar surface area (TPSA) is 54.0 Å². The summed E-state index contributed by atoms with van der Waals surface area (Å²) in [6, 6.07) is 0.619. The highest BCUT2D eigenvalue weighted by Crippen LogP contribution is 2.12. The molecule has 1 unspecified atom stereocenters. The lowest BCUT2D eigenvalue weighted by atomic mass is 10.0. The van der Waals surface area contributed by atoms with Crippen LogP contribution in [0, 0.1) is 0 Å². The van der Waals surface area contributed by atoms with Gasteiger partial charge in [-0.25, -0.2) is 0 Å². The van der Waals surface area contributed by atoms with E-state index >= 15 is 0 Å². The molecule has 1 aliphatic rings. The summed E-state index contributed by atoms with van der Waals surface area (Å²) in [5.41, 5.74) is 0. The van der Waals surface area contributed by atoms with Crippen LogP contribution in [0.3, 0.4) is 0 Å². The number of carbonyl (C=O) groups is 1. The summed E-state index contributed by atoms with van der Waals surface area (Å²) in [5, 5.41) is 3.55. The number of ether oxygens (including phenoxy) is 2. The molecule has 1 saturated heterocycles. The molecule has 0 saturated carbocycles. The van der Waals surface area contributed by atoms with Gasteiger partial charge in [0, 0.05) is 47.4 Å². The van der Waals surface area contributed by atoms with Crippen LogP contribution in [0.25, 0.3) is 0 Å². The van der Waals surface area contributed by atoms with Crippen LogP contribution in [0.1, 0.15) is 19.8 Å². The lowest BCUT2D eigenvalue weighted by Gasteiger charge is -2.35. The molecular weight excluding hydrogens is 258 g/mol. The zero-order valence-corrected chi connectivity index (χ0v) is 13.4. The van der Waals surface area contributed by atoms with Gasteiger partial charge in [0.1, 0.15) is 0 Å². The fraction of sp³-hybridized carbons (Fsp3) is 0.929. The van der Waals surface area contributed by atoms with Gasteiger partial charge in [-0.1, -0.05) is 0 Å². The molecule has 1 N–H and O–H groups in total. The Hall–Kier alpha value is -0.690. The lowest BCUT2D eigenvalue weighted by molar-refractivity contribution is -0.130. The van der Waals surface area contributed by atoms with Crippen LogP contribution in [-0.4, -0.2) is 82.0 Å². The zero-order chi connectivity index (χ0) is 15.1. The number of hydrogen-bond acceptors (Lipinski definition) is 5. The van der Waals surface area contributed by atoms with Gasteiger partial charge in [0.05, 0.1) is 12.6 Å². The third-order valence-electron chi connectivity index (χ3n) is 3.82. The molecule has 1 fully saturated rings. The van der Waals surface area contributed by atoms with Crippen molar-refractivity contribution >= 4 is 5.91 Å². The molecular formula is C14H29N3O3. The average molecular weight is 287 g/mol. The molecule has 0 aromatic rings. The molecule has 6 heteroatoms. The SMILES string of the molecule is COC(OC)C(C)NC1CCN(CC(=O)N(C)C)CC1. The maximum atomic E-state index is 11.7. The summed E-state index contributed by atoms with van der Waals surface area (Å²) in [4.78, 5) is 15.5. The highest BCUT2D eigenvalue weighted by molar-refractivity contribution is 5.77. The van der Waals surface area contributed by atoms with Crippen molar-refractivity contribution in [3.63, 3.8) is 0 Å². The summed E-state index contributed by atoms with van der Waals surface area (Å²) in [6.45, 7) is 4.50. The molecule has 0 aliphatic carbocycles. The van der Waals surface area contributed by atoms with E-state index in [-0.39, 0.29) is 18.2 Å². The Morgan fingerprint density at radius 2 is 1.85 bits per heavy atom. The Balaban J connectivity index is 2.30. The fourth-order valence-electron chi connectivity index (χ4n) is 2.55. The summed E-state index contributed by atoms with van der Waals surface area (Å²) >= 11 is 0. The predicted molar refractivity (Wildman–Crippen MR) is 78.6 cm³/mol. The molecule has 1 aliphatic heterocycles. The van der Waals surface area contributed by atoms with E-state index in [2.05, 4.69) is 17.1 Å². The van der Waals surface area contributed by atoms with E-state index in [0.717, 1.165) is 25.9 Å². The summed E-state index contributed by atoms with van der Waals surface area (Å²) in [7, 11) is 6.91. The smallest absolute Gasteiger partial charge is 0.236 e. The van der Waals surface area contributed by atoms with Gasteiger partial charge < -0.3 is 19.7 Å². The van der Waals surface area contributed by atoms with E-state index in [9.17, 15) is 4.79 Å². The van der Waals surface area contributed by atoms with Crippen LogP contribution < -0.4 is 5.32 Å². The van der Waals surface area contributed by atoms with E-state index in [1.54, 1.807) is 33.2 Å². The number of nitrogens with one attached hydrogen (secondary N) is 1. The van der Waals surface area contributed by atoms with Crippen molar-refractivity contribution in [1.29, 1.82) is 0 Å². The zero-order valence-electron chi connectivity index (χ0n) is 13.4. The Bertz CT molecular complexity index is 287. The average Bonchev–Trinajstić information content (AvgIpc) is 2.42. The number of likely N-dealkylation sites (N-methyl/N-ethyl adjacent to an activating group) is 1. The molecule has 0 aromatic carbocycles. The molecule has 1 heterocycles. The minimum absolute atomic E-state index is 0.157. The first kappa shape index (κ1) is 17.4. The number of rotatable bonds is 7. The third-order valence-corrected chi connectivity index (χ3v) is 3.82. The minimum atomic E-state index is -0.219. The van der Waals surface area contributed by atoms with Crippen LogP contribution in [-0.2, 0) is 14.3 Å². The van der Waals surface area contributed by atoms with E-state index in [1.807, 2.05) is 0 Å². The van der Waals surface area contributed by atoms with Crippen LogP contribution in [0.4, 0.5) is 0 Å². The lowest BCUT2D eigenvalue weighted by Crippen LogP contribution is -2.50. The highest BCUT2D eigenvalue weighted by Gasteiger charge is 2.24. The van der Waals surface area contributed by atoms with Gasteiger partial charge in [-0.05, 0) is 19.8 Å². The van der Waals surface area contributed by atoms with Gasteiger partial charge in [0.25, 0.3) is 0 Å². The van der Waals surface area contributed by atoms with Crippen molar-refractivity contribution in [1.82, 2.24) is 15.1 Å². The largest absolute Gasteiger partial charge is 0.354 e. The van der Waals surface area contributed by atoms with Crippen molar-refractivity contribution in [2.45, 2.75) is 38.1 Å². The molecule has 118 valence electrons. The fourth-order valence-corrected chi connectivity index (χ4v) is 2.55. The first-order valence-corrected chi connectivity index (χ1v) is 7.22. The maximum absolute atomic E-state index is 11.7. The van der Waals surface area contributed by atoms with Gasteiger partial charge >= 0.3 is 0 Å². The molecule has 0 spiro atoms. The predicted octanol–water partition coefficient (Wildman–Crippen LogP) is 0.136. The number of methoxy groups -OCH3 is 2. The molecule has 1 amide bonds. The quantitative estimate of drug-likeness (QED) is 0.675. The Morgan fingerprint density at radius 3 is 2.30 bits per heavy atom. The van der Waals surface area contributed by atoms with Gasteiger partial charge in [-0.2, -0.15) is 0 Å². The third kappa shape index (κ3) is 5.36. The second kappa shape index (κ2) is 8.56. The molecule has 0 aromatic heterocycles. The van der Waals surface area contributed by atoms with E-state index in [4.69, 9.17) is 9.47 Å². The van der Waals surface area contributed by atoms with Crippen molar-refractivity contribution < 1.29 is 14.3 Å². The minimum Gasteiger partial charge on any atom is -0.354 e. The number of amides is 1. The van der Waals surface area contributed by atoms with Crippen molar-refractivity contribution in [2.75, 3.05) is 47.9 Å². The van der Waals surface area contributed by atoms with Crippen LogP contribution >= 0.6 is 0 Å². The molecule has 6 nitrogen and oxygen atoms in total. The Labute approximate surface area is 122 Å². The van der Waals surface area contributed by atoms with Crippen LogP contribution in [0.5, 0.6) is 0 Å². The normalized spacial score (nSPS) is 19.3. The van der Waals surface area contributed by atoms with Gasteiger partial charge in [0.2, 0.25) is 5.91 Å². The maximum Gasteiger partial charge on any atom is 0.236 e. The van der Waals surface area contributed by atoms with E-state index < -0.39 is 0 Å². The second-order valence-corrected chi connectivity index (χ2v) is 5.63. The molecule has 0 bridgehead atoms. The molecule has 0 radical (unpaired) electrons. The molecule has 1 rings (SSSR count). The number of piperidine rings is 1. The number of carbonyl (C=O) groups excluding carboxylic acids is 1. The van der Waals surface area contributed by atoms with Crippen LogP contribution in [0.15, 0.2) is 0 Å². The first-order valence-electron chi connectivity index (χ1n) is 7.22. The second-order valence-electron chi connectivity index (χ2n) is 5.63. The highest BCUT2D eigenvalue weighted by atomic mass is 16.7. The van der Waals surface area contributed by atoms with Crippen molar-refractivity contribution in [2.24, 2.45) is 0 Å². The summed E-state index contributed by atoms with van der Waals surface area (Å²) < 4.78 is 10.5. The van der Waals surface area contributed by atoms with Crippen molar-refractivity contribution in [3.05, 3.63) is 0 Å². The molecule has 20 heavy (non-hydrogen) atoms. The molecule has 1 atom stereocenters. The number of nitrogens with zero attached hydrogens (tertiary/aromatic N) is 2. The monoisotopic (exact) mass is 287 g/mol. The van der Waals surface area contributed by atoms with Gasteiger partial charge in [-0.15, -0.1) is 0 Å². The summed E-state index contributed by atoms with van der Waals surface area (Å²) in [6.07, 6.45) is 1.87.